The fourth-order valence-corrected chi connectivity index (χ4v) is 7.25. The summed E-state index contributed by atoms with van der Waals surface area (Å²) in [5.74, 6) is -0.206. The van der Waals surface area contributed by atoms with Gasteiger partial charge in [0, 0.05) is 0 Å². The maximum absolute atomic E-state index is 13.7. The molecule has 0 unspecified atom stereocenters. The molecule has 0 radical (unpaired) electrons. The molecule has 0 aliphatic rings. The third-order valence-corrected chi connectivity index (χ3v) is 8.69. The molecule has 0 amide bonds. The van der Waals surface area contributed by atoms with Gasteiger partial charge in [0.25, 0.3) is 0 Å². The quantitative estimate of drug-likeness (QED) is 0.468. The van der Waals surface area contributed by atoms with Crippen LogP contribution in [-0.4, -0.2) is 0 Å². The Hall–Kier alpha value is -2.80. The van der Waals surface area contributed by atoms with Gasteiger partial charge in [0.15, 0.2) is 7.41 Å². The van der Waals surface area contributed by atoms with E-state index in [0.717, 1.165) is 5.56 Å². The summed E-state index contributed by atoms with van der Waals surface area (Å²) in [4.78, 5) is 0. The van der Waals surface area contributed by atoms with Crippen molar-refractivity contribution >= 4 is 23.3 Å². The van der Waals surface area contributed by atoms with Gasteiger partial charge in [-0.3, -0.25) is 0 Å². The van der Waals surface area contributed by atoms with Gasteiger partial charge in [-0.25, -0.2) is 4.39 Å². The highest BCUT2D eigenvalue weighted by molar-refractivity contribution is 7.94. The van der Waals surface area contributed by atoms with Gasteiger partial charge in [0.2, 0.25) is 0 Å². The standard InChI is InChI=1S/C25H22FNP/c26-22-12-10-11-21(19-22)20-27-28(23-13-4-1-5-14-23,24-15-6-2-7-16-24)25-17-8-3-9-18-25/h1-19,27H,20H2/q+1. The van der Waals surface area contributed by atoms with E-state index in [4.69, 9.17) is 0 Å². The summed E-state index contributed by atoms with van der Waals surface area (Å²) in [6, 6.07) is 38.6. The van der Waals surface area contributed by atoms with Crippen molar-refractivity contribution in [3.05, 3.63) is 127 Å². The normalized spacial score (nSPS) is 11.3. The topological polar surface area (TPSA) is 12.0 Å². The van der Waals surface area contributed by atoms with Gasteiger partial charge < -0.3 is 0 Å². The molecule has 4 rings (SSSR count). The molecule has 0 heterocycles. The summed E-state index contributed by atoms with van der Waals surface area (Å²) in [6.07, 6.45) is 0. The van der Waals surface area contributed by atoms with E-state index < -0.39 is 7.41 Å². The smallest absolute Gasteiger partial charge is 0.178 e. The van der Waals surface area contributed by atoms with Gasteiger partial charge >= 0.3 is 0 Å². The molecule has 0 saturated carbocycles. The van der Waals surface area contributed by atoms with Crippen LogP contribution in [0.5, 0.6) is 0 Å². The number of halogens is 1. The first-order chi connectivity index (χ1) is 13.8. The van der Waals surface area contributed by atoms with Gasteiger partial charge in [-0.15, -0.1) is 0 Å². The average molecular weight is 386 g/mol. The van der Waals surface area contributed by atoms with Crippen LogP contribution in [0.1, 0.15) is 5.56 Å². The third-order valence-electron chi connectivity index (χ3n) is 4.84. The zero-order valence-electron chi connectivity index (χ0n) is 15.5. The van der Waals surface area contributed by atoms with Crippen LogP contribution in [0, 0.1) is 5.82 Å². The van der Waals surface area contributed by atoms with Crippen molar-refractivity contribution in [3.63, 3.8) is 0 Å². The molecule has 28 heavy (non-hydrogen) atoms. The van der Waals surface area contributed by atoms with Gasteiger partial charge in [0.1, 0.15) is 21.7 Å². The molecule has 0 saturated heterocycles. The second kappa shape index (κ2) is 8.48. The maximum Gasteiger partial charge on any atom is 0.178 e. The first-order valence-electron chi connectivity index (χ1n) is 9.34. The summed E-state index contributed by atoms with van der Waals surface area (Å²) in [7, 11) is -2.11. The highest BCUT2D eigenvalue weighted by Gasteiger charge is 2.45. The highest BCUT2D eigenvalue weighted by atomic mass is 31.2. The van der Waals surface area contributed by atoms with Crippen LogP contribution in [0.15, 0.2) is 115 Å². The van der Waals surface area contributed by atoms with E-state index in [0.29, 0.717) is 6.54 Å². The largest absolute Gasteiger partial charge is 0.207 e. The Morgan fingerprint density at radius 3 is 1.46 bits per heavy atom. The van der Waals surface area contributed by atoms with Crippen molar-refractivity contribution in [1.29, 1.82) is 0 Å². The second-order valence-corrected chi connectivity index (χ2v) is 9.85. The summed E-state index contributed by atoms with van der Waals surface area (Å²) < 4.78 is 13.7. The van der Waals surface area contributed by atoms with Gasteiger partial charge in [-0.05, 0) is 54.1 Å². The molecule has 1 N–H and O–H groups in total. The SMILES string of the molecule is Fc1cccc(CN[P+](c2ccccc2)(c2ccccc2)c2ccccc2)c1. The minimum absolute atomic E-state index is 0.206. The Balaban J connectivity index is 1.88. The lowest BCUT2D eigenvalue weighted by molar-refractivity contribution is 0.625. The summed E-state index contributed by atoms with van der Waals surface area (Å²) >= 11 is 0. The molecule has 0 aliphatic carbocycles. The van der Waals surface area contributed by atoms with Gasteiger partial charge in [-0.2, -0.15) is 5.09 Å². The summed E-state index contributed by atoms with van der Waals surface area (Å²) in [6.45, 7) is 0.588. The average Bonchev–Trinajstić information content (AvgIpc) is 2.77. The fraction of sp³-hybridized carbons (Fsp3) is 0.0400. The zero-order chi connectivity index (χ0) is 19.2. The summed E-state index contributed by atoms with van der Waals surface area (Å²) in [5, 5.41) is 7.63. The first kappa shape index (κ1) is 18.6. The Labute approximate surface area is 166 Å². The van der Waals surface area contributed by atoms with Crippen LogP contribution in [0.4, 0.5) is 4.39 Å². The molecule has 0 fully saturated rings. The minimum Gasteiger partial charge on any atom is -0.207 e. The Kier molecular flexibility index (Phi) is 5.62. The van der Waals surface area contributed by atoms with E-state index in [1.165, 1.54) is 22.0 Å². The lowest BCUT2D eigenvalue weighted by Crippen LogP contribution is -2.40. The van der Waals surface area contributed by atoms with Crippen LogP contribution in [0.25, 0.3) is 0 Å². The molecule has 138 valence electrons. The van der Waals surface area contributed by atoms with Crippen molar-refractivity contribution in [2.24, 2.45) is 0 Å². The van der Waals surface area contributed by atoms with Crippen LogP contribution in [-0.2, 0) is 6.54 Å². The van der Waals surface area contributed by atoms with Crippen LogP contribution >= 0.6 is 7.41 Å². The monoisotopic (exact) mass is 386 g/mol. The second-order valence-electron chi connectivity index (χ2n) is 6.64. The van der Waals surface area contributed by atoms with E-state index >= 15 is 0 Å². The number of hydrogen-bond acceptors (Lipinski definition) is 1. The number of rotatable bonds is 6. The molecule has 0 atom stereocenters. The van der Waals surface area contributed by atoms with Crippen LogP contribution < -0.4 is 21.0 Å². The number of nitrogens with one attached hydrogen (secondary N) is 1. The molecule has 3 heteroatoms. The van der Waals surface area contributed by atoms with Crippen molar-refractivity contribution in [2.45, 2.75) is 6.54 Å². The maximum atomic E-state index is 13.7. The van der Waals surface area contributed by atoms with Crippen molar-refractivity contribution < 1.29 is 4.39 Å². The minimum atomic E-state index is -2.11. The molecular weight excluding hydrogens is 364 g/mol. The third kappa shape index (κ3) is 3.75. The highest BCUT2D eigenvalue weighted by Crippen LogP contribution is 2.51. The predicted octanol–water partition coefficient (Wildman–Crippen LogP) is 4.82. The zero-order valence-corrected chi connectivity index (χ0v) is 16.4. The Morgan fingerprint density at radius 2 is 1.04 bits per heavy atom. The van der Waals surface area contributed by atoms with E-state index in [1.54, 1.807) is 12.1 Å². The Bertz CT molecular complexity index is 923. The molecule has 0 spiro atoms. The van der Waals surface area contributed by atoms with Crippen molar-refractivity contribution in [3.8, 4) is 0 Å². The van der Waals surface area contributed by atoms with Crippen molar-refractivity contribution in [1.82, 2.24) is 5.09 Å². The molecule has 0 aromatic heterocycles. The van der Waals surface area contributed by atoms with E-state index in [2.05, 4.69) is 77.9 Å². The van der Waals surface area contributed by atoms with E-state index in [9.17, 15) is 4.39 Å². The fourth-order valence-electron chi connectivity index (χ4n) is 3.53. The molecule has 1 nitrogen and oxygen atoms in total. The first-order valence-corrected chi connectivity index (χ1v) is 11.1. The molecular formula is C25H22FNP+. The number of hydrogen-bond donors (Lipinski definition) is 1. The molecule has 0 aliphatic heterocycles. The van der Waals surface area contributed by atoms with E-state index in [-0.39, 0.29) is 5.82 Å². The lowest BCUT2D eigenvalue weighted by atomic mass is 10.2. The molecule has 0 bridgehead atoms. The predicted molar refractivity (Wildman–Crippen MR) is 118 cm³/mol. The van der Waals surface area contributed by atoms with Gasteiger partial charge in [-0.1, -0.05) is 66.7 Å². The molecule has 4 aromatic carbocycles. The Morgan fingerprint density at radius 1 is 0.571 bits per heavy atom. The summed E-state index contributed by atoms with van der Waals surface area (Å²) in [5.41, 5.74) is 0.937. The van der Waals surface area contributed by atoms with Crippen LogP contribution in [0.2, 0.25) is 0 Å². The van der Waals surface area contributed by atoms with E-state index in [1.807, 2.05) is 24.3 Å². The van der Waals surface area contributed by atoms with Crippen LogP contribution in [0.3, 0.4) is 0 Å². The van der Waals surface area contributed by atoms with Gasteiger partial charge in [0.05, 0.1) is 6.54 Å². The number of benzene rings is 4. The molecule has 4 aromatic rings. The lowest BCUT2D eigenvalue weighted by Gasteiger charge is -2.28. The van der Waals surface area contributed by atoms with Crippen molar-refractivity contribution in [2.75, 3.05) is 0 Å².